The summed E-state index contributed by atoms with van der Waals surface area (Å²) in [5.41, 5.74) is 1.81. The van der Waals surface area contributed by atoms with Crippen LogP contribution in [0.1, 0.15) is 22.3 Å². The number of hydrogen-bond acceptors (Lipinski definition) is 9. The zero-order chi connectivity index (χ0) is 26.4. The van der Waals surface area contributed by atoms with Crippen molar-refractivity contribution in [2.45, 2.75) is 32.7 Å². The maximum absolute atomic E-state index is 11.8. The van der Waals surface area contributed by atoms with Gasteiger partial charge < -0.3 is 44.6 Å². The molecule has 2 aromatic rings. The number of benzene rings is 2. The minimum Gasteiger partial charge on any atom is -0.778 e. The van der Waals surface area contributed by atoms with Crippen LogP contribution >= 0.6 is 15.2 Å². The van der Waals surface area contributed by atoms with Crippen molar-refractivity contribution >= 4 is 15.2 Å². The van der Waals surface area contributed by atoms with Crippen LogP contribution in [0.25, 0.3) is 0 Å². The molecule has 0 aliphatic rings. The van der Waals surface area contributed by atoms with Crippen molar-refractivity contribution in [1.29, 1.82) is 0 Å². The van der Waals surface area contributed by atoms with Crippen LogP contribution in [0.2, 0.25) is 0 Å². The first kappa shape index (κ1) is 32.7. The molecule has 202 valence electrons. The molecule has 0 amide bonds. The molecule has 0 aliphatic carbocycles. The third kappa shape index (κ3) is 11.0. The summed E-state index contributed by atoms with van der Waals surface area (Å²) < 4.78 is 23.5. The van der Waals surface area contributed by atoms with Crippen LogP contribution < -0.4 is 4.89 Å². The minimum absolute atomic E-state index is 0. The van der Waals surface area contributed by atoms with Crippen LogP contribution in [-0.4, -0.2) is 76.7 Å². The van der Waals surface area contributed by atoms with Gasteiger partial charge in [0.15, 0.2) is 0 Å². The maximum atomic E-state index is 11.8. The van der Waals surface area contributed by atoms with Gasteiger partial charge >= 0.3 is 24.7 Å². The number of rotatable bonds is 13. The van der Waals surface area contributed by atoms with Crippen LogP contribution in [0.5, 0.6) is 11.5 Å². The van der Waals surface area contributed by atoms with Crippen LogP contribution in [0.4, 0.5) is 0 Å². The van der Waals surface area contributed by atoms with Crippen molar-refractivity contribution in [2.75, 3.05) is 25.7 Å². The zero-order valence-electron chi connectivity index (χ0n) is 19.5. The fourth-order valence-corrected chi connectivity index (χ4v) is 5.23. The third-order valence-electron chi connectivity index (χ3n) is 5.27. The Kier molecular flexibility index (Phi) is 12.7. The SMILES string of the molecule is Cc1ccc(O)c(CN(CC(CO)N(Cc2cc(CO)ccc2O)CP(=O)(O)O)CP(=O)([O-])O)c1.[Fe+2]. The largest absolute Gasteiger partial charge is 2.00 e. The van der Waals surface area contributed by atoms with Crippen molar-refractivity contribution in [3.63, 3.8) is 0 Å². The van der Waals surface area contributed by atoms with E-state index in [-0.39, 0.29) is 60.4 Å². The first-order valence-electron chi connectivity index (χ1n) is 10.6. The smallest absolute Gasteiger partial charge is 0.778 e. The number of aromatic hydroxyl groups is 2. The number of aryl methyl sites for hydroxylation is 1. The monoisotopic (exact) mass is 589 g/mol. The van der Waals surface area contributed by atoms with Crippen molar-refractivity contribution < 1.29 is 66.2 Å². The quantitative estimate of drug-likeness (QED) is 0.124. The van der Waals surface area contributed by atoms with Gasteiger partial charge in [-0.25, -0.2) is 0 Å². The Morgan fingerprint density at radius 3 is 2.03 bits per heavy atom. The summed E-state index contributed by atoms with van der Waals surface area (Å²) in [5.74, 6) is -0.312. The summed E-state index contributed by atoms with van der Waals surface area (Å²) in [6.07, 6.45) is -1.66. The van der Waals surface area contributed by atoms with Crippen LogP contribution in [0.3, 0.4) is 0 Å². The molecule has 2 aromatic carbocycles. The van der Waals surface area contributed by atoms with E-state index in [9.17, 15) is 49.1 Å². The standard InChI is InChI=1S/C21H32N2O10P2.Fe/c1-15-2-4-20(26)17(6-15)8-22(13-34(28,29)30)10-19(12-25)23(14-35(31,32)33)9-18-7-16(11-24)3-5-21(18)27;/h2-7,19,24-27H,8-14H2,1H3,(H2,28,29,30)(H2,31,32,33);/q;+2/p-1. The van der Waals surface area contributed by atoms with E-state index < -0.39 is 40.4 Å². The van der Waals surface area contributed by atoms with E-state index in [2.05, 4.69) is 0 Å². The van der Waals surface area contributed by atoms with Gasteiger partial charge in [0.1, 0.15) is 25.4 Å². The second-order valence-electron chi connectivity index (χ2n) is 8.43. The summed E-state index contributed by atoms with van der Waals surface area (Å²) >= 11 is 0. The van der Waals surface area contributed by atoms with E-state index in [1.807, 2.05) is 0 Å². The Hall–Kier alpha value is -1.30. The first-order chi connectivity index (χ1) is 16.2. The van der Waals surface area contributed by atoms with E-state index >= 15 is 0 Å². The number of phenols is 2. The normalized spacial score (nSPS) is 14.5. The minimum atomic E-state index is -4.84. The predicted molar refractivity (Wildman–Crippen MR) is 125 cm³/mol. The fourth-order valence-electron chi connectivity index (χ4n) is 3.71. The zero-order valence-corrected chi connectivity index (χ0v) is 22.4. The van der Waals surface area contributed by atoms with Gasteiger partial charge in [-0.2, -0.15) is 0 Å². The van der Waals surface area contributed by atoms with E-state index in [4.69, 9.17) is 0 Å². The third-order valence-corrected chi connectivity index (χ3v) is 6.76. The number of aliphatic hydroxyl groups excluding tert-OH is 2. The topological polar surface area (TPSA) is 205 Å². The van der Waals surface area contributed by atoms with Gasteiger partial charge in [0.05, 0.1) is 19.5 Å². The molecule has 7 N–H and O–H groups in total. The molecule has 0 spiro atoms. The van der Waals surface area contributed by atoms with E-state index in [0.29, 0.717) is 11.1 Å². The van der Waals surface area contributed by atoms with Crippen LogP contribution in [0, 0.1) is 6.92 Å². The van der Waals surface area contributed by atoms with Gasteiger partial charge in [-0.3, -0.25) is 14.4 Å². The summed E-state index contributed by atoms with van der Waals surface area (Å²) in [7, 11) is -9.50. The van der Waals surface area contributed by atoms with Gasteiger partial charge in [-0.05, 0) is 30.7 Å². The maximum Gasteiger partial charge on any atom is 2.00 e. The molecule has 2 atom stereocenters. The van der Waals surface area contributed by atoms with Gasteiger partial charge in [-0.15, -0.1) is 0 Å². The molecule has 0 heterocycles. The molecule has 36 heavy (non-hydrogen) atoms. The van der Waals surface area contributed by atoms with Gasteiger partial charge in [0.2, 0.25) is 0 Å². The molecule has 0 saturated carbocycles. The van der Waals surface area contributed by atoms with Crippen molar-refractivity contribution in [3.05, 3.63) is 58.7 Å². The summed E-state index contributed by atoms with van der Waals surface area (Å²) in [6.45, 7) is 0.128. The fraction of sp³-hybridized carbons (Fsp3) is 0.429. The molecule has 12 nitrogen and oxygen atoms in total. The molecule has 0 fully saturated rings. The summed E-state index contributed by atoms with van der Waals surface area (Å²) in [4.78, 5) is 42.8. The predicted octanol–water partition coefficient (Wildman–Crippen LogP) is 0.200. The van der Waals surface area contributed by atoms with Crippen molar-refractivity contribution in [1.82, 2.24) is 9.80 Å². The number of aliphatic hydroxyl groups is 2. The summed E-state index contributed by atoms with van der Waals surface area (Å²) in [5, 5.41) is 39.8. The van der Waals surface area contributed by atoms with Gasteiger partial charge in [-0.1, -0.05) is 23.8 Å². The number of hydrogen-bond donors (Lipinski definition) is 7. The molecular weight excluding hydrogens is 558 g/mol. The molecule has 15 heteroatoms. The van der Waals surface area contributed by atoms with Crippen molar-refractivity contribution in [3.8, 4) is 11.5 Å². The molecule has 0 radical (unpaired) electrons. The molecule has 0 saturated heterocycles. The van der Waals surface area contributed by atoms with E-state index in [0.717, 1.165) is 5.56 Å². The van der Waals surface area contributed by atoms with E-state index in [1.165, 1.54) is 34.1 Å². The molecule has 0 bridgehead atoms. The van der Waals surface area contributed by atoms with Gasteiger partial charge in [0, 0.05) is 36.8 Å². The second kappa shape index (κ2) is 14.0. The first-order valence-corrected chi connectivity index (χ1v) is 14.1. The Labute approximate surface area is 219 Å². The Morgan fingerprint density at radius 2 is 1.50 bits per heavy atom. The summed E-state index contributed by atoms with van der Waals surface area (Å²) in [6, 6.07) is 7.89. The molecule has 2 rings (SSSR count). The molecule has 2 unspecified atom stereocenters. The molecule has 0 aliphatic heterocycles. The number of nitrogens with zero attached hydrogens (tertiary/aromatic N) is 2. The van der Waals surface area contributed by atoms with Crippen LogP contribution in [0.15, 0.2) is 36.4 Å². The molecule has 0 aromatic heterocycles. The van der Waals surface area contributed by atoms with Crippen LogP contribution in [-0.2, 0) is 45.9 Å². The van der Waals surface area contributed by atoms with Crippen molar-refractivity contribution in [2.24, 2.45) is 0 Å². The number of phenolic OH excluding ortho intramolecular Hbond substituents is 2. The Morgan fingerprint density at radius 1 is 0.917 bits per heavy atom. The second-order valence-corrected chi connectivity index (χ2v) is 11.6. The van der Waals surface area contributed by atoms with Gasteiger partial charge in [0.25, 0.3) is 0 Å². The Balaban J connectivity index is 0.00000648. The van der Waals surface area contributed by atoms with E-state index in [1.54, 1.807) is 19.1 Å². The average molecular weight is 589 g/mol. The Bertz CT molecular complexity index is 1090. The average Bonchev–Trinajstić information content (AvgIpc) is 2.73. The molecular formula is C21H31FeN2O10P2+.